The van der Waals surface area contributed by atoms with Crippen LogP contribution in [0, 0.1) is 5.82 Å². The first kappa shape index (κ1) is 11.7. The van der Waals surface area contributed by atoms with Crippen LogP contribution in [0.2, 0.25) is 0 Å². The van der Waals surface area contributed by atoms with Crippen molar-refractivity contribution in [3.05, 3.63) is 35.6 Å². The summed E-state index contributed by atoms with van der Waals surface area (Å²) in [5, 5.41) is 3.38. The summed E-state index contributed by atoms with van der Waals surface area (Å²) in [4.78, 5) is 14.0. The van der Waals surface area contributed by atoms with E-state index in [2.05, 4.69) is 5.32 Å². The predicted molar refractivity (Wildman–Crippen MR) is 66.4 cm³/mol. The van der Waals surface area contributed by atoms with Crippen molar-refractivity contribution >= 4 is 5.91 Å². The number of nitrogens with one attached hydrogen (secondary N) is 1. The molecule has 1 saturated heterocycles. The molecule has 0 bridgehead atoms. The Kier molecular flexibility index (Phi) is 3.04. The molecule has 18 heavy (non-hydrogen) atoms. The van der Waals surface area contributed by atoms with E-state index in [1.807, 2.05) is 4.90 Å². The van der Waals surface area contributed by atoms with Gasteiger partial charge in [0.05, 0.1) is 6.04 Å². The molecule has 0 spiro atoms. The summed E-state index contributed by atoms with van der Waals surface area (Å²) in [6, 6.07) is 6.92. The maximum Gasteiger partial charge on any atom is 0.240 e. The fraction of sp³-hybridized carbons (Fsp3) is 0.500. The van der Waals surface area contributed by atoms with Gasteiger partial charge >= 0.3 is 0 Å². The predicted octanol–water partition coefficient (Wildman–Crippen LogP) is 1.68. The van der Waals surface area contributed by atoms with Crippen LogP contribution in [0.4, 0.5) is 4.39 Å². The summed E-state index contributed by atoms with van der Waals surface area (Å²) in [6.45, 7) is 1.38. The third-order valence-corrected chi connectivity index (χ3v) is 3.60. The molecular formula is C14H17FN2O. The van der Waals surface area contributed by atoms with Crippen molar-refractivity contribution in [1.82, 2.24) is 10.2 Å². The molecule has 1 N–H and O–H groups in total. The molecule has 4 heteroatoms. The van der Waals surface area contributed by atoms with E-state index in [1.54, 1.807) is 12.1 Å². The number of halogens is 1. The average Bonchev–Trinajstić information content (AvgIpc) is 3.12. The van der Waals surface area contributed by atoms with E-state index in [9.17, 15) is 9.18 Å². The number of hydrogen-bond donors (Lipinski definition) is 1. The number of likely N-dealkylation sites (tertiary alicyclic amines) is 1. The molecule has 0 radical (unpaired) electrons. The molecule has 0 aromatic heterocycles. The van der Waals surface area contributed by atoms with Gasteiger partial charge in [-0.25, -0.2) is 4.39 Å². The van der Waals surface area contributed by atoms with Gasteiger partial charge < -0.3 is 10.2 Å². The maximum atomic E-state index is 12.8. The van der Waals surface area contributed by atoms with Crippen molar-refractivity contribution in [2.75, 3.05) is 6.54 Å². The van der Waals surface area contributed by atoms with Crippen LogP contribution in [-0.4, -0.2) is 29.4 Å². The standard InChI is InChI=1S/C14H17FN2O/c15-11-3-1-10(2-4-11)9-17-8-7-13(14(17)18)16-12-5-6-12/h1-4,12-13,16H,5-9H2. The number of rotatable bonds is 4. The third kappa shape index (κ3) is 2.53. The van der Waals surface area contributed by atoms with Gasteiger partial charge in [-0.1, -0.05) is 12.1 Å². The van der Waals surface area contributed by atoms with Gasteiger partial charge in [0, 0.05) is 19.1 Å². The molecule has 1 aromatic rings. The van der Waals surface area contributed by atoms with Crippen molar-refractivity contribution in [1.29, 1.82) is 0 Å². The van der Waals surface area contributed by atoms with Gasteiger partial charge in [-0.3, -0.25) is 4.79 Å². The molecule has 1 unspecified atom stereocenters. The van der Waals surface area contributed by atoms with Gasteiger partial charge in [-0.15, -0.1) is 0 Å². The number of amides is 1. The topological polar surface area (TPSA) is 32.3 Å². The van der Waals surface area contributed by atoms with E-state index in [0.717, 1.165) is 18.5 Å². The lowest BCUT2D eigenvalue weighted by Gasteiger charge is -2.17. The van der Waals surface area contributed by atoms with Gasteiger partial charge in [0.1, 0.15) is 5.82 Å². The normalized spacial score (nSPS) is 23.7. The van der Waals surface area contributed by atoms with E-state index in [1.165, 1.54) is 25.0 Å². The lowest BCUT2D eigenvalue weighted by atomic mass is 10.2. The summed E-state index contributed by atoms with van der Waals surface area (Å²) < 4.78 is 12.8. The minimum atomic E-state index is -0.236. The molecule has 2 fully saturated rings. The molecule has 1 aliphatic heterocycles. The second kappa shape index (κ2) is 4.69. The lowest BCUT2D eigenvalue weighted by molar-refractivity contribution is -0.129. The quantitative estimate of drug-likeness (QED) is 0.879. The average molecular weight is 248 g/mol. The molecule has 1 aliphatic carbocycles. The molecule has 1 saturated carbocycles. The highest BCUT2D eigenvalue weighted by atomic mass is 19.1. The van der Waals surface area contributed by atoms with Gasteiger partial charge in [0.25, 0.3) is 0 Å². The number of nitrogens with zero attached hydrogens (tertiary/aromatic N) is 1. The van der Waals surface area contributed by atoms with E-state index < -0.39 is 0 Å². The van der Waals surface area contributed by atoms with Crippen LogP contribution in [0.1, 0.15) is 24.8 Å². The monoisotopic (exact) mass is 248 g/mol. The Morgan fingerprint density at radius 1 is 1.22 bits per heavy atom. The van der Waals surface area contributed by atoms with Crippen LogP contribution in [0.5, 0.6) is 0 Å². The number of benzene rings is 1. The molecule has 1 aromatic carbocycles. The highest BCUT2D eigenvalue weighted by molar-refractivity contribution is 5.84. The van der Waals surface area contributed by atoms with Gasteiger partial charge in [0.15, 0.2) is 0 Å². The van der Waals surface area contributed by atoms with Gasteiger partial charge in [-0.05, 0) is 37.0 Å². The maximum absolute atomic E-state index is 12.8. The van der Waals surface area contributed by atoms with Gasteiger partial charge in [-0.2, -0.15) is 0 Å². The van der Waals surface area contributed by atoms with E-state index in [4.69, 9.17) is 0 Å². The first-order valence-corrected chi connectivity index (χ1v) is 6.51. The number of hydrogen-bond acceptors (Lipinski definition) is 2. The van der Waals surface area contributed by atoms with Crippen LogP contribution < -0.4 is 5.32 Å². The Morgan fingerprint density at radius 2 is 1.94 bits per heavy atom. The third-order valence-electron chi connectivity index (χ3n) is 3.60. The minimum Gasteiger partial charge on any atom is -0.337 e. The molecule has 3 rings (SSSR count). The SMILES string of the molecule is O=C1C(NC2CC2)CCN1Cc1ccc(F)cc1. The zero-order chi connectivity index (χ0) is 12.5. The summed E-state index contributed by atoms with van der Waals surface area (Å²) in [7, 11) is 0. The van der Waals surface area contributed by atoms with E-state index >= 15 is 0 Å². The lowest BCUT2D eigenvalue weighted by Crippen LogP contribution is -2.39. The van der Waals surface area contributed by atoms with Gasteiger partial charge in [0.2, 0.25) is 5.91 Å². The molecule has 2 aliphatic rings. The summed E-state index contributed by atoms with van der Waals surface area (Å²) in [5.74, 6) is -0.0500. The Balaban J connectivity index is 1.59. The fourth-order valence-electron chi connectivity index (χ4n) is 2.40. The van der Waals surface area contributed by atoms with Crippen molar-refractivity contribution in [3.8, 4) is 0 Å². The largest absolute Gasteiger partial charge is 0.337 e. The summed E-state index contributed by atoms with van der Waals surface area (Å²) in [6.07, 6.45) is 3.28. The van der Waals surface area contributed by atoms with Crippen molar-refractivity contribution in [2.24, 2.45) is 0 Å². The highest BCUT2D eigenvalue weighted by Crippen LogP contribution is 2.23. The smallest absolute Gasteiger partial charge is 0.240 e. The van der Waals surface area contributed by atoms with Crippen LogP contribution in [-0.2, 0) is 11.3 Å². The number of carbonyl (C=O) groups excluding carboxylic acids is 1. The minimum absolute atomic E-state index is 0.00190. The Labute approximate surface area is 106 Å². The highest BCUT2D eigenvalue weighted by Gasteiger charge is 2.35. The van der Waals surface area contributed by atoms with Crippen LogP contribution in [0.25, 0.3) is 0 Å². The van der Waals surface area contributed by atoms with Crippen LogP contribution in [0.3, 0.4) is 0 Å². The molecular weight excluding hydrogens is 231 g/mol. The molecule has 1 heterocycles. The zero-order valence-corrected chi connectivity index (χ0v) is 10.2. The second-order valence-electron chi connectivity index (χ2n) is 5.17. The summed E-state index contributed by atoms with van der Waals surface area (Å²) in [5.41, 5.74) is 0.983. The number of carbonyl (C=O) groups is 1. The Hall–Kier alpha value is -1.42. The van der Waals surface area contributed by atoms with Crippen molar-refractivity contribution in [2.45, 2.75) is 37.9 Å². The van der Waals surface area contributed by atoms with E-state index in [-0.39, 0.29) is 17.8 Å². The first-order chi connectivity index (χ1) is 8.72. The molecule has 3 nitrogen and oxygen atoms in total. The molecule has 1 amide bonds. The van der Waals surface area contributed by atoms with Crippen LogP contribution >= 0.6 is 0 Å². The van der Waals surface area contributed by atoms with E-state index in [0.29, 0.717) is 12.6 Å². The van der Waals surface area contributed by atoms with Crippen molar-refractivity contribution < 1.29 is 9.18 Å². The molecule has 96 valence electrons. The molecule has 1 atom stereocenters. The first-order valence-electron chi connectivity index (χ1n) is 6.51. The van der Waals surface area contributed by atoms with Crippen LogP contribution in [0.15, 0.2) is 24.3 Å². The fourth-order valence-corrected chi connectivity index (χ4v) is 2.40. The zero-order valence-electron chi connectivity index (χ0n) is 10.2. The second-order valence-corrected chi connectivity index (χ2v) is 5.17. The Morgan fingerprint density at radius 3 is 2.61 bits per heavy atom. The van der Waals surface area contributed by atoms with Crippen molar-refractivity contribution in [3.63, 3.8) is 0 Å². The Bertz CT molecular complexity index is 442. The summed E-state index contributed by atoms with van der Waals surface area (Å²) >= 11 is 0.